The molecule has 1 aromatic rings. The van der Waals surface area contributed by atoms with E-state index in [1.165, 1.54) is 5.56 Å². The van der Waals surface area contributed by atoms with Crippen LogP contribution in [-0.2, 0) is 0 Å². The van der Waals surface area contributed by atoms with Crippen LogP contribution < -0.4 is 0 Å². The van der Waals surface area contributed by atoms with Crippen LogP contribution in [0, 0.1) is 11.3 Å². The van der Waals surface area contributed by atoms with Crippen LogP contribution in [0.15, 0.2) is 46.4 Å². The van der Waals surface area contributed by atoms with Gasteiger partial charge in [0, 0.05) is 11.5 Å². The number of rotatable bonds is 3. The van der Waals surface area contributed by atoms with E-state index >= 15 is 0 Å². The maximum atomic E-state index is 9.21. The van der Waals surface area contributed by atoms with E-state index in [-0.39, 0.29) is 5.54 Å². The van der Waals surface area contributed by atoms with E-state index in [1.54, 1.807) is 23.5 Å². The van der Waals surface area contributed by atoms with Crippen molar-refractivity contribution in [2.75, 3.05) is 11.5 Å². The molecular formula is C17H17N3S2. The summed E-state index contributed by atoms with van der Waals surface area (Å²) in [6, 6.07) is 12.5. The van der Waals surface area contributed by atoms with Gasteiger partial charge in [-0.3, -0.25) is 9.98 Å². The van der Waals surface area contributed by atoms with E-state index in [0.717, 1.165) is 21.6 Å². The van der Waals surface area contributed by atoms with Gasteiger partial charge in [0.1, 0.15) is 5.54 Å². The lowest BCUT2D eigenvalue weighted by Crippen LogP contribution is -2.31. The maximum Gasteiger partial charge on any atom is 0.154 e. The molecule has 22 heavy (non-hydrogen) atoms. The van der Waals surface area contributed by atoms with E-state index < -0.39 is 5.54 Å². The lowest BCUT2D eigenvalue weighted by molar-refractivity contribution is 0.674. The smallest absolute Gasteiger partial charge is 0.154 e. The highest BCUT2D eigenvalue weighted by Gasteiger charge is 2.42. The predicted molar refractivity (Wildman–Crippen MR) is 97.7 cm³/mol. The number of benzene rings is 1. The highest BCUT2D eigenvalue weighted by atomic mass is 32.2. The molecule has 0 radical (unpaired) electrons. The highest BCUT2D eigenvalue weighted by molar-refractivity contribution is 8.16. The Morgan fingerprint density at radius 1 is 1.09 bits per heavy atom. The Bertz CT molecular complexity index is 702. The van der Waals surface area contributed by atoms with E-state index in [2.05, 4.69) is 42.3 Å². The van der Waals surface area contributed by atoms with Gasteiger partial charge in [-0.1, -0.05) is 36.4 Å². The molecule has 0 amide bonds. The fraction of sp³-hybridized carbons (Fsp3) is 0.353. The third-order valence-corrected chi connectivity index (χ3v) is 6.36. The van der Waals surface area contributed by atoms with Crippen LogP contribution in [0.3, 0.4) is 0 Å². The van der Waals surface area contributed by atoms with E-state index in [1.807, 2.05) is 25.1 Å². The summed E-state index contributed by atoms with van der Waals surface area (Å²) in [5.74, 6) is 1.61. The average molecular weight is 327 g/mol. The summed E-state index contributed by atoms with van der Waals surface area (Å²) < 4.78 is 0. The van der Waals surface area contributed by atoms with Gasteiger partial charge < -0.3 is 0 Å². The Kier molecular flexibility index (Phi) is 4.16. The van der Waals surface area contributed by atoms with E-state index in [0.29, 0.717) is 0 Å². The summed E-state index contributed by atoms with van der Waals surface area (Å²) >= 11 is 3.42. The van der Waals surface area contributed by atoms with Crippen LogP contribution in [0.5, 0.6) is 0 Å². The lowest BCUT2D eigenvalue weighted by atomic mass is 10.1. The Labute approximate surface area is 139 Å². The zero-order valence-corrected chi connectivity index (χ0v) is 14.2. The summed E-state index contributed by atoms with van der Waals surface area (Å²) in [6.07, 6.45) is 4.15. The Balaban J connectivity index is 1.78. The fourth-order valence-electron chi connectivity index (χ4n) is 2.28. The molecule has 0 saturated carbocycles. The van der Waals surface area contributed by atoms with Crippen LogP contribution in [-0.4, -0.2) is 32.7 Å². The summed E-state index contributed by atoms with van der Waals surface area (Å²) in [5.41, 5.74) is 0.288. The molecule has 2 heterocycles. The molecule has 2 aliphatic rings. The minimum atomic E-state index is -0.591. The molecule has 0 N–H and O–H groups in total. The normalized spacial score (nSPS) is 31.1. The van der Waals surface area contributed by atoms with Crippen molar-refractivity contribution >= 4 is 39.7 Å². The summed E-state index contributed by atoms with van der Waals surface area (Å²) in [7, 11) is 0. The molecule has 3 nitrogen and oxygen atoms in total. The Morgan fingerprint density at radius 3 is 2.55 bits per heavy atom. The van der Waals surface area contributed by atoms with Gasteiger partial charge in [-0.05, 0) is 25.5 Å². The summed E-state index contributed by atoms with van der Waals surface area (Å²) in [6.45, 7) is 4.00. The molecule has 5 heteroatoms. The molecule has 0 aliphatic carbocycles. The summed E-state index contributed by atoms with van der Waals surface area (Å²) in [5, 5.41) is 11.2. The molecule has 0 bridgehead atoms. The zero-order valence-electron chi connectivity index (χ0n) is 12.6. The molecule has 0 fully saturated rings. The van der Waals surface area contributed by atoms with Gasteiger partial charge in [-0.25, -0.2) is 0 Å². The quantitative estimate of drug-likeness (QED) is 0.842. The topological polar surface area (TPSA) is 48.5 Å². The van der Waals surface area contributed by atoms with Crippen LogP contribution >= 0.6 is 23.5 Å². The number of hydrogen-bond donors (Lipinski definition) is 0. The molecule has 1 aromatic carbocycles. The van der Waals surface area contributed by atoms with Crippen molar-refractivity contribution in [2.45, 2.75) is 24.9 Å². The predicted octanol–water partition coefficient (Wildman–Crippen LogP) is 4.03. The largest absolute Gasteiger partial charge is 0.264 e. The van der Waals surface area contributed by atoms with E-state index in [4.69, 9.17) is 4.99 Å². The van der Waals surface area contributed by atoms with Gasteiger partial charge in [-0.2, -0.15) is 5.26 Å². The second-order valence-electron chi connectivity index (χ2n) is 5.85. The first-order valence-corrected chi connectivity index (χ1v) is 9.10. The van der Waals surface area contributed by atoms with Gasteiger partial charge in [0.2, 0.25) is 0 Å². The SMILES string of the molecule is C[C@@]1(C#N)CSC([C@]2(C)CSC(/C=C/c3ccccc3)=N2)=N1. The monoisotopic (exact) mass is 327 g/mol. The third kappa shape index (κ3) is 3.13. The zero-order chi connectivity index (χ0) is 15.6. The number of nitriles is 1. The fourth-order valence-corrected chi connectivity index (χ4v) is 4.67. The van der Waals surface area contributed by atoms with Crippen LogP contribution in [0.1, 0.15) is 19.4 Å². The number of thioether (sulfide) groups is 2. The van der Waals surface area contributed by atoms with Crippen molar-refractivity contribution in [3.8, 4) is 6.07 Å². The van der Waals surface area contributed by atoms with Crippen molar-refractivity contribution in [1.29, 1.82) is 5.26 Å². The van der Waals surface area contributed by atoms with Crippen LogP contribution in [0.25, 0.3) is 6.08 Å². The number of nitrogens with zero attached hydrogens (tertiary/aromatic N) is 3. The average Bonchev–Trinajstić information content (AvgIpc) is 3.12. The second kappa shape index (κ2) is 5.94. The molecule has 2 atom stereocenters. The van der Waals surface area contributed by atoms with E-state index in [9.17, 15) is 5.26 Å². The molecular weight excluding hydrogens is 310 g/mol. The number of hydrogen-bond acceptors (Lipinski definition) is 5. The van der Waals surface area contributed by atoms with Gasteiger partial charge in [0.25, 0.3) is 0 Å². The molecule has 112 valence electrons. The minimum Gasteiger partial charge on any atom is -0.264 e. The highest BCUT2D eigenvalue weighted by Crippen LogP contribution is 2.39. The Morgan fingerprint density at radius 2 is 1.86 bits per heavy atom. The molecule has 0 saturated heterocycles. The first-order chi connectivity index (χ1) is 10.5. The van der Waals surface area contributed by atoms with Crippen molar-refractivity contribution in [1.82, 2.24) is 0 Å². The number of aliphatic imine (C=N–C) groups is 2. The van der Waals surface area contributed by atoms with Crippen LogP contribution in [0.2, 0.25) is 0 Å². The maximum absolute atomic E-state index is 9.21. The third-order valence-electron chi connectivity index (χ3n) is 3.62. The minimum absolute atomic E-state index is 0.291. The first-order valence-electron chi connectivity index (χ1n) is 7.13. The Hall–Kier alpha value is -1.51. The lowest BCUT2D eigenvalue weighted by Gasteiger charge is -2.18. The molecule has 0 spiro atoms. The first kappa shape index (κ1) is 15.4. The standard InChI is InChI=1S/C17H17N3S2/c1-16(10-18)11-22-15(20-16)17(2)12-21-14(19-17)9-8-13-6-4-3-5-7-13/h3-9H,11-12H2,1-2H3/b9-8+/t16-,17+/m1/s1. The van der Waals surface area contributed by atoms with Crippen molar-refractivity contribution < 1.29 is 0 Å². The molecule has 2 aliphatic heterocycles. The molecule has 0 aromatic heterocycles. The van der Waals surface area contributed by atoms with Gasteiger partial charge in [0.05, 0.1) is 16.2 Å². The van der Waals surface area contributed by atoms with Crippen molar-refractivity contribution in [2.24, 2.45) is 9.98 Å². The van der Waals surface area contributed by atoms with Crippen molar-refractivity contribution in [3.05, 3.63) is 42.0 Å². The van der Waals surface area contributed by atoms with Crippen molar-refractivity contribution in [3.63, 3.8) is 0 Å². The molecule has 3 rings (SSSR count). The van der Waals surface area contributed by atoms with Gasteiger partial charge in [-0.15, -0.1) is 23.5 Å². The second-order valence-corrected chi connectivity index (χ2v) is 7.81. The van der Waals surface area contributed by atoms with Gasteiger partial charge in [0.15, 0.2) is 5.54 Å². The van der Waals surface area contributed by atoms with Crippen LogP contribution in [0.4, 0.5) is 0 Å². The molecule has 0 unspecified atom stereocenters. The van der Waals surface area contributed by atoms with Gasteiger partial charge >= 0.3 is 0 Å². The summed E-state index contributed by atoms with van der Waals surface area (Å²) in [4.78, 5) is 9.47.